The van der Waals surface area contributed by atoms with E-state index in [9.17, 15) is 9.59 Å². The summed E-state index contributed by atoms with van der Waals surface area (Å²) in [6.45, 7) is 11.5. The summed E-state index contributed by atoms with van der Waals surface area (Å²) in [7, 11) is 1.63. The first-order valence-electron chi connectivity index (χ1n) is 12.0. The molecule has 33 heavy (non-hydrogen) atoms. The summed E-state index contributed by atoms with van der Waals surface area (Å²) < 4.78 is 5.34. The van der Waals surface area contributed by atoms with Crippen LogP contribution in [0.25, 0.3) is 0 Å². The van der Waals surface area contributed by atoms with Crippen molar-refractivity contribution < 1.29 is 14.3 Å². The molecule has 0 spiro atoms. The van der Waals surface area contributed by atoms with Crippen LogP contribution in [0.15, 0.2) is 48.5 Å². The second-order valence-electron chi connectivity index (χ2n) is 9.54. The monoisotopic (exact) mass is 452 g/mol. The number of ether oxygens (including phenoxy) is 1. The van der Waals surface area contributed by atoms with Crippen molar-refractivity contribution in [3.05, 3.63) is 65.2 Å². The summed E-state index contributed by atoms with van der Waals surface area (Å²) in [6.07, 6.45) is 2.42. The third-order valence-corrected chi connectivity index (χ3v) is 5.87. The van der Waals surface area contributed by atoms with Gasteiger partial charge in [-0.2, -0.15) is 0 Å². The number of rotatable bonds is 11. The van der Waals surface area contributed by atoms with E-state index in [0.29, 0.717) is 32.4 Å². The highest BCUT2D eigenvalue weighted by Crippen LogP contribution is 2.23. The molecule has 0 saturated carbocycles. The molecule has 1 N–H and O–H groups in total. The fourth-order valence-corrected chi connectivity index (χ4v) is 3.82. The number of carbonyl (C=O) groups excluding carboxylic acids is 2. The molecule has 1 atom stereocenters. The molecule has 0 aliphatic rings. The number of hydrogen-bond donors (Lipinski definition) is 1. The van der Waals surface area contributed by atoms with Gasteiger partial charge in [0.15, 0.2) is 0 Å². The molecule has 5 heteroatoms. The van der Waals surface area contributed by atoms with Gasteiger partial charge in [0.2, 0.25) is 11.8 Å². The topological polar surface area (TPSA) is 58.6 Å². The molecule has 0 heterocycles. The van der Waals surface area contributed by atoms with Gasteiger partial charge >= 0.3 is 0 Å². The second kappa shape index (κ2) is 12.4. The first-order chi connectivity index (χ1) is 15.7. The molecule has 2 aromatic rings. The van der Waals surface area contributed by atoms with E-state index in [1.54, 1.807) is 12.0 Å². The van der Waals surface area contributed by atoms with Gasteiger partial charge in [-0.05, 0) is 53.5 Å². The molecular formula is C28H40N2O3. The second-order valence-corrected chi connectivity index (χ2v) is 9.54. The van der Waals surface area contributed by atoms with Gasteiger partial charge in [-0.15, -0.1) is 0 Å². The number of carbonyl (C=O) groups is 2. The van der Waals surface area contributed by atoms with Crippen LogP contribution in [-0.4, -0.2) is 36.4 Å². The van der Waals surface area contributed by atoms with E-state index in [2.05, 4.69) is 50.4 Å². The standard InChI is InChI=1S/C28H40N2O3/c1-7-18-29-27(32)25(8-2)30(20-22-10-9-11-24(19-22)33-6)26(31)17-14-21-12-15-23(16-13-21)28(3,4)5/h9-13,15-16,19,25H,7-8,14,17-18,20H2,1-6H3,(H,29,32)/t25-/m1/s1. The van der Waals surface area contributed by atoms with Gasteiger partial charge in [0.05, 0.1) is 7.11 Å². The van der Waals surface area contributed by atoms with Crippen LogP contribution in [0.4, 0.5) is 0 Å². The van der Waals surface area contributed by atoms with Crippen LogP contribution in [0.1, 0.15) is 70.6 Å². The summed E-state index contributed by atoms with van der Waals surface area (Å²) in [5.74, 6) is 0.628. The Hall–Kier alpha value is -2.82. The average Bonchev–Trinajstić information content (AvgIpc) is 2.80. The third-order valence-electron chi connectivity index (χ3n) is 5.87. The number of hydrogen-bond acceptors (Lipinski definition) is 3. The predicted molar refractivity (Wildman–Crippen MR) is 134 cm³/mol. The smallest absolute Gasteiger partial charge is 0.242 e. The fraction of sp³-hybridized carbons (Fsp3) is 0.500. The van der Waals surface area contributed by atoms with Gasteiger partial charge in [0.1, 0.15) is 11.8 Å². The number of methoxy groups -OCH3 is 1. The Labute approximate surface area is 199 Å². The van der Waals surface area contributed by atoms with Crippen LogP contribution in [0.2, 0.25) is 0 Å². The van der Waals surface area contributed by atoms with Crippen molar-refractivity contribution in [1.29, 1.82) is 0 Å². The summed E-state index contributed by atoms with van der Waals surface area (Å²) in [4.78, 5) is 28.0. The molecule has 0 bridgehead atoms. The number of nitrogens with one attached hydrogen (secondary N) is 1. The molecule has 0 aliphatic heterocycles. The Morgan fingerprint density at radius 1 is 1.03 bits per heavy atom. The molecule has 0 saturated heterocycles. The highest BCUT2D eigenvalue weighted by molar-refractivity contribution is 5.87. The molecule has 2 rings (SSSR count). The van der Waals surface area contributed by atoms with E-state index in [0.717, 1.165) is 23.3 Å². The molecule has 0 aliphatic carbocycles. The van der Waals surface area contributed by atoms with Crippen molar-refractivity contribution in [3.63, 3.8) is 0 Å². The molecule has 2 amide bonds. The fourth-order valence-electron chi connectivity index (χ4n) is 3.82. The maximum Gasteiger partial charge on any atom is 0.242 e. The Morgan fingerprint density at radius 3 is 2.30 bits per heavy atom. The lowest BCUT2D eigenvalue weighted by molar-refractivity contribution is -0.141. The Kier molecular flexibility index (Phi) is 9.95. The average molecular weight is 453 g/mol. The van der Waals surface area contributed by atoms with E-state index in [1.165, 1.54) is 5.56 Å². The molecule has 2 aromatic carbocycles. The van der Waals surface area contributed by atoms with E-state index in [4.69, 9.17) is 4.74 Å². The number of benzene rings is 2. The van der Waals surface area contributed by atoms with E-state index in [-0.39, 0.29) is 17.2 Å². The number of nitrogens with zero attached hydrogens (tertiary/aromatic N) is 1. The van der Waals surface area contributed by atoms with Crippen molar-refractivity contribution in [2.24, 2.45) is 0 Å². The van der Waals surface area contributed by atoms with Crippen LogP contribution in [0, 0.1) is 0 Å². The minimum atomic E-state index is -0.501. The van der Waals surface area contributed by atoms with Crippen LogP contribution in [-0.2, 0) is 28.0 Å². The number of amides is 2. The van der Waals surface area contributed by atoms with Gasteiger partial charge in [0, 0.05) is 19.5 Å². The Balaban J connectivity index is 2.19. The minimum Gasteiger partial charge on any atom is -0.497 e. The molecule has 5 nitrogen and oxygen atoms in total. The predicted octanol–water partition coefficient (Wildman–Crippen LogP) is 5.26. The number of aryl methyl sites for hydroxylation is 1. The molecule has 0 unspecified atom stereocenters. The summed E-state index contributed by atoms with van der Waals surface area (Å²) in [6, 6.07) is 15.7. The van der Waals surface area contributed by atoms with Crippen molar-refractivity contribution in [2.45, 2.75) is 78.3 Å². The molecule has 0 radical (unpaired) electrons. The third kappa shape index (κ3) is 7.92. The van der Waals surface area contributed by atoms with Gasteiger partial charge in [0.25, 0.3) is 0 Å². The highest BCUT2D eigenvalue weighted by atomic mass is 16.5. The lowest BCUT2D eigenvalue weighted by Gasteiger charge is -2.31. The lowest BCUT2D eigenvalue weighted by atomic mass is 9.86. The SMILES string of the molecule is CCCNC(=O)[C@@H](CC)N(Cc1cccc(OC)c1)C(=O)CCc1ccc(C(C)(C)C)cc1. The zero-order chi connectivity index (χ0) is 24.4. The zero-order valence-electron chi connectivity index (χ0n) is 21.1. The van der Waals surface area contributed by atoms with Crippen LogP contribution < -0.4 is 10.1 Å². The first kappa shape index (κ1) is 26.4. The van der Waals surface area contributed by atoms with Crippen molar-refractivity contribution >= 4 is 11.8 Å². The largest absolute Gasteiger partial charge is 0.497 e. The maximum atomic E-state index is 13.4. The summed E-state index contributed by atoms with van der Waals surface area (Å²) >= 11 is 0. The van der Waals surface area contributed by atoms with Gasteiger partial charge in [-0.1, -0.05) is 71.0 Å². The highest BCUT2D eigenvalue weighted by Gasteiger charge is 2.28. The summed E-state index contributed by atoms with van der Waals surface area (Å²) in [5.41, 5.74) is 3.44. The maximum absolute atomic E-state index is 13.4. The molecule has 180 valence electrons. The van der Waals surface area contributed by atoms with Crippen LogP contribution in [0.5, 0.6) is 5.75 Å². The van der Waals surface area contributed by atoms with E-state index >= 15 is 0 Å². The quantitative estimate of drug-likeness (QED) is 0.506. The lowest BCUT2D eigenvalue weighted by Crippen LogP contribution is -2.49. The van der Waals surface area contributed by atoms with Crippen LogP contribution >= 0.6 is 0 Å². The van der Waals surface area contributed by atoms with Crippen LogP contribution in [0.3, 0.4) is 0 Å². The Bertz CT molecular complexity index is 900. The van der Waals surface area contributed by atoms with Crippen molar-refractivity contribution in [1.82, 2.24) is 10.2 Å². The Morgan fingerprint density at radius 2 is 1.73 bits per heavy atom. The van der Waals surface area contributed by atoms with E-state index < -0.39 is 6.04 Å². The first-order valence-corrected chi connectivity index (χ1v) is 12.0. The summed E-state index contributed by atoms with van der Waals surface area (Å²) in [5, 5.41) is 2.96. The minimum absolute atomic E-state index is 0.0174. The van der Waals surface area contributed by atoms with E-state index in [1.807, 2.05) is 38.1 Å². The van der Waals surface area contributed by atoms with Gasteiger partial charge in [-0.25, -0.2) is 0 Å². The zero-order valence-corrected chi connectivity index (χ0v) is 21.1. The van der Waals surface area contributed by atoms with Gasteiger partial charge < -0.3 is 15.0 Å². The van der Waals surface area contributed by atoms with Gasteiger partial charge in [-0.3, -0.25) is 9.59 Å². The van der Waals surface area contributed by atoms with Crippen molar-refractivity contribution in [3.8, 4) is 5.75 Å². The normalized spacial score (nSPS) is 12.2. The molecule has 0 aromatic heterocycles. The molecular weight excluding hydrogens is 412 g/mol. The van der Waals surface area contributed by atoms with Crippen molar-refractivity contribution in [2.75, 3.05) is 13.7 Å². The molecule has 0 fully saturated rings.